The van der Waals surface area contributed by atoms with Crippen LogP contribution in [0.25, 0.3) is 0 Å². The number of anilines is 1. The third-order valence-electron chi connectivity index (χ3n) is 6.51. The van der Waals surface area contributed by atoms with Crippen LogP contribution in [0.3, 0.4) is 0 Å². The van der Waals surface area contributed by atoms with E-state index in [1.54, 1.807) is 32.9 Å². The minimum Gasteiger partial charge on any atom is -0.352 e. The predicted octanol–water partition coefficient (Wildman–Crippen LogP) is 5.85. The molecular weight excluding hydrogens is 591 g/mol. The number of alkyl halides is 3. The Hall–Kier alpha value is -3.57. The van der Waals surface area contributed by atoms with E-state index in [-0.39, 0.29) is 17.5 Å². The van der Waals surface area contributed by atoms with E-state index in [0.29, 0.717) is 16.8 Å². The second-order valence-electron chi connectivity index (χ2n) is 10.1. The van der Waals surface area contributed by atoms with Crippen molar-refractivity contribution in [2.75, 3.05) is 17.4 Å². The monoisotopic (exact) mass is 623 g/mol. The molecule has 0 spiro atoms. The fourth-order valence-electron chi connectivity index (χ4n) is 4.23. The Bertz CT molecular complexity index is 1500. The van der Waals surface area contributed by atoms with Gasteiger partial charge in [0.05, 0.1) is 21.2 Å². The average Bonchev–Trinajstić information content (AvgIpc) is 2.92. The van der Waals surface area contributed by atoms with Gasteiger partial charge in [0.15, 0.2) is 0 Å². The molecule has 0 saturated carbocycles. The lowest BCUT2D eigenvalue weighted by atomic mass is 10.1. The number of rotatable bonds is 11. The summed E-state index contributed by atoms with van der Waals surface area (Å²) in [6.45, 7) is 5.99. The van der Waals surface area contributed by atoms with E-state index in [2.05, 4.69) is 5.32 Å². The van der Waals surface area contributed by atoms with Crippen LogP contribution in [0.2, 0.25) is 5.02 Å². The van der Waals surface area contributed by atoms with Gasteiger partial charge in [0, 0.05) is 12.6 Å². The maximum absolute atomic E-state index is 13.9. The molecule has 0 radical (unpaired) electrons. The van der Waals surface area contributed by atoms with E-state index in [0.717, 1.165) is 23.3 Å². The summed E-state index contributed by atoms with van der Waals surface area (Å²) < 4.78 is 69.5. The molecule has 3 rings (SSSR count). The highest BCUT2D eigenvalue weighted by atomic mass is 35.5. The summed E-state index contributed by atoms with van der Waals surface area (Å²) in [6, 6.07) is 16.3. The van der Waals surface area contributed by atoms with Crippen molar-refractivity contribution in [3.63, 3.8) is 0 Å². The minimum absolute atomic E-state index is 0.0579. The summed E-state index contributed by atoms with van der Waals surface area (Å²) in [4.78, 5) is 27.8. The van der Waals surface area contributed by atoms with E-state index in [9.17, 15) is 31.2 Å². The first kappa shape index (κ1) is 32.9. The van der Waals surface area contributed by atoms with Gasteiger partial charge < -0.3 is 10.2 Å². The lowest BCUT2D eigenvalue weighted by Gasteiger charge is -2.32. The molecule has 226 valence electrons. The number of aryl methyl sites for hydroxylation is 1. The average molecular weight is 624 g/mol. The van der Waals surface area contributed by atoms with Crippen molar-refractivity contribution in [3.05, 3.63) is 94.5 Å². The number of carbonyl (C=O) groups is 2. The Kier molecular flexibility index (Phi) is 10.7. The largest absolute Gasteiger partial charge is 0.417 e. The fraction of sp³-hybridized carbons (Fsp3) is 0.333. The minimum atomic E-state index is -4.87. The second-order valence-corrected chi connectivity index (χ2v) is 12.4. The normalized spacial score (nSPS) is 12.6. The van der Waals surface area contributed by atoms with Crippen molar-refractivity contribution < 1.29 is 31.2 Å². The lowest BCUT2D eigenvalue weighted by molar-refractivity contribution is -0.139. The second kappa shape index (κ2) is 13.6. The smallest absolute Gasteiger partial charge is 0.352 e. The summed E-state index contributed by atoms with van der Waals surface area (Å²) >= 11 is 5.80. The predicted molar refractivity (Wildman–Crippen MR) is 157 cm³/mol. The van der Waals surface area contributed by atoms with Crippen molar-refractivity contribution in [2.45, 2.75) is 57.3 Å². The molecule has 0 fully saturated rings. The van der Waals surface area contributed by atoms with Gasteiger partial charge >= 0.3 is 6.18 Å². The molecule has 2 amide bonds. The standard InChI is InChI=1S/C30H33ClF3N3O4S/c1-20(2)35-29(39)22(4)36(17-16-23-8-6-5-7-9-23)28(38)19-37(42(40,41)25-13-10-21(3)11-14-25)24-12-15-27(31)26(18-24)30(32,33)34/h5-15,18,20,22H,16-17,19H2,1-4H3,(H,35,39)/t22-/m1/s1. The Balaban J connectivity index is 2.07. The van der Waals surface area contributed by atoms with Gasteiger partial charge in [-0.2, -0.15) is 13.2 Å². The van der Waals surface area contributed by atoms with Gasteiger partial charge in [0.1, 0.15) is 12.6 Å². The first-order valence-electron chi connectivity index (χ1n) is 13.2. The van der Waals surface area contributed by atoms with Crippen molar-refractivity contribution in [3.8, 4) is 0 Å². The van der Waals surface area contributed by atoms with E-state index < -0.39 is 56.9 Å². The van der Waals surface area contributed by atoms with Crippen LogP contribution in [0.1, 0.15) is 37.5 Å². The Morgan fingerprint density at radius 3 is 2.14 bits per heavy atom. The summed E-state index contributed by atoms with van der Waals surface area (Å²) in [5, 5.41) is 2.13. The molecule has 12 heteroatoms. The summed E-state index contributed by atoms with van der Waals surface area (Å²) in [5.41, 5.74) is -0.00490. The highest BCUT2D eigenvalue weighted by Crippen LogP contribution is 2.38. The number of hydrogen-bond donors (Lipinski definition) is 1. The maximum Gasteiger partial charge on any atom is 0.417 e. The number of carbonyl (C=O) groups excluding carboxylic acids is 2. The van der Waals surface area contributed by atoms with Gasteiger partial charge in [0.25, 0.3) is 10.0 Å². The van der Waals surface area contributed by atoms with E-state index in [1.165, 1.54) is 24.0 Å². The number of nitrogens with one attached hydrogen (secondary N) is 1. The molecule has 3 aromatic rings. The third kappa shape index (κ3) is 8.25. The van der Waals surface area contributed by atoms with Crippen molar-refractivity contribution >= 4 is 39.1 Å². The van der Waals surface area contributed by atoms with E-state index in [1.807, 2.05) is 30.3 Å². The number of nitrogens with zero attached hydrogens (tertiary/aromatic N) is 2. The number of benzene rings is 3. The molecule has 0 saturated heterocycles. The molecule has 42 heavy (non-hydrogen) atoms. The molecule has 0 bridgehead atoms. The van der Waals surface area contributed by atoms with Crippen LogP contribution >= 0.6 is 11.6 Å². The summed E-state index contributed by atoms with van der Waals surface area (Å²) in [7, 11) is -4.53. The van der Waals surface area contributed by atoms with Crippen molar-refractivity contribution in [2.24, 2.45) is 0 Å². The molecule has 0 aliphatic heterocycles. The molecule has 1 N–H and O–H groups in total. The molecule has 3 aromatic carbocycles. The molecule has 0 aromatic heterocycles. The van der Waals surface area contributed by atoms with Crippen molar-refractivity contribution in [1.29, 1.82) is 0 Å². The Morgan fingerprint density at radius 1 is 0.952 bits per heavy atom. The molecular formula is C30H33ClF3N3O4S. The molecule has 0 unspecified atom stereocenters. The highest BCUT2D eigenvalue weighted by Gasteiger charge is 2.37. The topological polar surface area (TPSA) is 86.8 Å². The van der Waals surface area contributed by atoms with Gasteiger partial charge in [0.2, 0.25) is 11.8 Å². The molecule has 0 aliphatic carbocycles. The van der Waals surface area contributed by atoms with E-state index in [4.69, 9.17) is 11.6 Å². The number of sulfonamides is 1. The first-order chi connectivity index (χ1) is 19.6. The van der Waals surface area contributed by atoms with Crippen LogP contribution in [-0.4, -0.2) is 50.3 Å². The first-order valence-corrected chi connectivity index (χ1v) is 15.0. The lowest BCUT2D eigenvalue weighted by Crippen LogP contribution is -2.53. The summed E-state index contributed by atoms with van der Waals surface area (Å²) in [5.74, 6) is -1.22. The Labute approximate surface area is 249 Å². The summed E-state index contributed by atoms with van der Waals surface area (Å²) in [6.07, 6.45) is -4.52. The van der Waals surface area contributed by atoms with Crippen LogP contribution < -0.4 is 9.62 Å². The van der Waals surface area contributed by atoms with Gasteiger partial charge in [-0.25, -0.2) is 8.42 Å². The zero-order valence-corrected chi connectivity index (χ0v) is 25.2. The number of hydrogen-bond acceptors (Lipinski definition) is 4. The molecule has 7 nitrogen and oxygen atoms in total. The van der Waals surface area contributed by atoms with Crippen LogP contribution in [0, 0.1) is 6.92 Å². The number of amides is 2. The van der Waals surface area contributed by atoms with Gasteiger partial charge in [-0.15, -0.1) is 0 Å². The zero-order valence-electron chi connectivity index (χ0n) is 23.7. The van der Waals surface area contributed by atoms with Crippen LogP contribution in [0.5, 0.6) is 0 Å². The van der Waals surface area contributed by atoms with E-state index >= 15 is 0 Å². The highest BCUT2D eigenvalue weighted by molar-refractivity contribution is 7.92. The van der Waals surface area contributed by atoms with Crippen LogP contribution in [0.4, 0.5) is 18.9 Å². The van der Waals surface area contributed by atoms with Crippen molar-refractivity contribution in [1.82, 2.24) is 10.2 Å². The molecule has 0 aliphatic rings. The molecule has 0 heterocycles. The molecule has 1 atom stereocenters. The van der Waals surface area contributed by atoms with Crippen LogP contribution in [0.15, 0.2) is 77.7 Å². The maximum atomic E-state index is 13.9. The zero-order chi connectivity index (χ0) is 31.2. The Morgan fingerprint density at radius 2 is 1.57 bits per heavy atom. The quantitative estimate of drug-likeness (QED) is 0.291. The fourth-order valence-corrected chi connectivity index (χ4v) is 5.86. The van der Waals surface area contributed by atoms with Gasteiger partial charge in [-0.05, 0) is 70.0 Å². The van der Waals surface area contributed by atoms with Gasteiger partial charge in [-0.1, -0.05) is 59.6 Å². The number of halogens is 4. The SMILES string of the molecule is Cc1ccc(S(=O)(=O)N(CC(=O)N(CCc2ccccc2)[C@H](C)C(=O)NC(C)C)c2ccc(Cl)c(C(F)(F)F)c2)cc1. The third-order valence-corrected chi connectivity index (χ3v) is 8.63. The van der Waals surface area contributed by atoms with Gasteiger partial charge in [-0.3, -0.25) is 13.9 Å². The van der Waals surface area contributed by atoms with Crippen LogP contribution in [-0.2, 0) is 32.2 Å².